The van der Waals surface area contributed by atoms with Crippen molar-refractivity contribution >= 4 is 44.0 Å². The third-order valence-electron chi connectivity index (χ3n) is 5.38. The molecule has 33 heavy (non-hydrogen) atoms. The molecule has 9 nitrogen and oxygen atoms in total. The Labute approximate surface area is 196 Å². The number of aliphatic imine (C=N–C) groups is 1. The summed E-state index contributed by atoms with van der Waals surface area (Å²) in [4.78, 5) is 20.7. The number of nitrogens with zero attached hydrogens (tertiary/aromatic N) is 4. The van der Waals surface area contributed by atoms with Crippen molar-refractivity contribution in [1.82, 2.24) is 5.32 Å². The number of nitrogens with one attached hydrogen (secondary N) is 1. The van der Waals surface area contributed by atoms with Crippen molar-refractivity contribution in [2.45, 2.75) is 17.8 Å². The highest BCUT2D eigenvalue weighted by atomic mass is 32.2. The van der Waals surface area contributed by atoms with E-state index >= 15 is 0 Å². The molecule has 2 aliphatic heterocycles. The molecule has 2 fully saturated rings. The first-order chi connectivity index (χ1) is 15.8. The maximum absolute atomic E-state index is 12.4. The zero-order valence-electron chi connectivity index (χ0n) is 18.1. The van der Waals surface area contributed by atoms with Crippen LogP contribution in [0, 0.1) is 11.3 Å². The van der Waals surface area contributed by atoms with Crippen molar-refractivity contribution in [2.24, 2.45) is 4.99 Å². The van der Waals surface area contributed by atoms with Gasteiger partial charge in [-0.15, -0.1) is 0 Å². The van der Waals surface area contributed by atoms with Crippen molar-refractivity contribution < 1.29 is 17.6 Å². The maximum Gasteiger partial charge on any atom is 0.263 e. The average molecular weight is 486 g/mol. The van der Waals surface area contributed by atoms with Crippen molar-refractivity contribution in [3.8, 4) is 6.07 Å². The van der Waals surface area contributed by atoms with Gasteiger partial charge in [0.15, 0.2) is 15.0 Å². The van der Waals surface area contributed by atoms with Crippen molar-refractivity contribution in [2.75, 3.05) is 35.4 Å². The predicted molar refractivity (Wildman–Crippen MR) is 129 cm³/mol. The Morgan fingerprint density at radius 2 is 2.09 bits per heavy atom. The molecule has 2 saturated heterocycles. The van der Waals surface area contributed by atoms with Crippen LogP contribution in [0.5, 0.6) is 0 Å². The lowest BCUT2D eigenvalue weighted by Crippen LogP contribution is -2.37. The van der Waals surface area contributed by atoms with Crippen LogP contribution in [0.25, 0.3) is 0 Å². The number of amidine groups is 1. The number of hydrogen-bond acceptors (Lipinski definition) is 8. The van der Waals surface area contributed by atoms with Crippen molar-refractivity contribution in [3.05, 3.63) is 60.2 Å². The Balaban J connectivity index is 1.59. The Bertz CT molecular complexity index is 1230. The van der Waals surface area contributed by atoms with Crippen LogP contribution < -0.4 is 15.1 Å². The van der Waals surface area contributed by atoms with E-state index < -0.39 is 15.7 Å². The van der Waals surface area contributed by atoms with Gasteiger partial charge in [-0.3, -0.25) is 4.79 Å². The molecule has 2 aromatic rings. The zero-order valence-corrected chi connectivity index (χ0v) is 19.8. The van der Waals surface area contributed by atoms with Gasteiger partial charge in [-0.2, -0.15) is 5.26 Å². The summed E-state index contributed by atoms with van der Waals surface area (Å²) < 4.78 is 29.7. The second-order valence-corrected chi connectivity index (χ2v) is 11.3. The maximum atomic E-state index is 12.4. The lowest BCUT2D eigenvalue weighted by atomic mass is 10.2. The second kappa shape index (κ2) is 9.33. The molecule has 3 heterocycles. The predicted octanol–water partition coefficient (Wildman–Crippen LogP) is 2.14. The van der Waals surface area contributed by atoms with Gasteiger partial charge in [-0.05, 0) is 36.4 Å². The minimum atomic E-state index is -3.14. The van der Waals surface area contributed by atoms with Gasteiger partial charge in [0.1, 0.15) is 17.4 Å². The summed E-state index contributed by atoms with van der Waals surface area (Å²) in [6.45, 7) is 0.155. The number of nitriles is 1. The highest BCUT2D eigenvalue weighted by Crippen LogP contribution is 2.41. The summed E-state index contributed by atoms with van der Waals surface area (Å²) in [5.41, 5.74) is 1.67. The van der Waals surface area contributed by atoms with E-state index in [-0.39, 0.29) is 34.9 Å². The monoisotopic (exact) mass is 485 g/mol. The molecule has 172 valence electrons. The van der Waals surface area contributed by atoms with E-state index in [0.717, 1.165) is 11.4 Å². The number of anilines is 2. The van der Waals surface area contributed by atoms with E-state index in [9.17, 15) is 18.5 Å². The van der Waals surface area contributed by atoms with E-state index in [0.29, 0.717) is 10.9 Å². The Morgan fingerprint density at radius 1 is 1.33 bits per heavy atom. The lowest BCUT2D eigenvalue weighted by molar-refractivity contribution is -0.117. The molecular weight excluding hydrogens is 462 g/mol. The lowest BCUT2D eigenvalue weighted by Gasteiger charge is -2.25. The summed E-state index contributed by atoms with van der Waals surface area (Å²) in [5, 5.41) is 12.5. The van der Waals surface area contributed by atoms with Gasteiger partial charge >= 0.3 is 0 Å². The summed E-state index contributed by atoms with van der Waals surface area (Å²) in [6, 6.07) is 12.8. The number of hydrogen-bond donors (Lipinski definition) is 1. The number of benzene rings is 1. The molecule has 0 bridgehead atoms. The van der Waals surface area contributed by atoms with Gasteiger partial charge in [-0.25, -0.2) is 13.4 Å². The van der Waals surface area contributed by atoms with E-state index in [4.69, 9.17) is 4.42 Å². The average Bonchev–Trinajstić information content (AvgIpc) is 3.47. The van der Waals surface area contributed by atoms with E-state index in [1.807, 2.05) is 54.2 Å². The quantitative estimate of drug-likeness (QED) is 0.488. The number of furan rings is 1. The van der Waals surface area contributed by atoms with Crippen LogP contribution in [0.3, 0.4) is 0 Å². The van der Waals surface area contributed by atoms with E-state index in [1.54, 1.807) is 12.1 Å². The summed E-state index contributed by atoms with van der Waals surface area (Å²) >= 11 is 1.36. The summed E-state index contributed by atoms with van der Waals surface area (Å²) in [6.07, 6.45) is 2.74. The summed E-state index contributed by atoms with van der Waals surface area (Å²) in [7, 11) is 0.749. The Morgan fingerprint density at radius 3 is 2.73 bits per heavy atom. The molecule has 11 heteroatoms. The fourth-order valence-electron chi connectivity index (χ4n) is 3.72. The smallest absolute Gasteiger partial charge is 0.263 e. The van der Waals surface area contributed by atoms with Gasteiger partial charge in [0.05, 0.1) is 36.6 Å². The SMILES string of the molecule is CN(C)c1ccc(N2C(=N/C=C(\C#N)C(=O)NCc3ccco3)S[C@H]3CS(=O)(=O)C[C@@H]32)cc1. The number of fused-ring (bicyclic) bond motifs is 1. The topological polar surface area (TPSA) is 119 Å². The third-order valence-corrected chi connectivity index (χ3v) is 8.61. The largest absolute Gasteiger partial charge is 0.467 e. The van der Waals surface area contributed by atoms with Gasteiger partial charge in [0.25, 0.3) is 5.91 Å². The molecule has 1 amide bonds. The van der Waals surface area contributed by atoms with Crippen LogP contribution in [-0.4, -0.2) is 56.4 Å². The molecule has 1 N–H and O–H groups in total. The summed E-state index contributed by atoms with van der Waals surface area (Å²) in [5.74, 6) is 0.120. The molecule has 1 aromatic heterocycles. The van der Waals surface area contributed by atoms with Gasteiger partial charge in [0, 0.05) is 30.7 Å². The molecule has 0 saturated carbocycles. The number of sulfone groups is 1. The van der Waals surface area contributed by atoms with E-state index in [1.165, 1.54) is 24.2 Å². The number of rotatable bonds is 6. The third kappa shape index (κ3) is 5.07. The molecular formula is C22H23N5O4S2. The molecule has 4 rings (SSSR count). The first kappa shape index (κ1) is 22.9. The van der Waals surface area contributed by atoms with Crippen LogP contribution in [0.4, 0.5) is 11.4 Å². The number of thioether (sulfide) groups is 1. The first-order valence-corrected chi connectivity index (χ1v) is 12.9. The molecule has 0 radical (unpaired) electrons. The van der Waals surface area contributed by atoms with E-state index in [2.05, 4.69) is 10.3 Å². The molecule has 2 atom stereocenters. The van der Waals surface area contributed by atoms with Crippen LogP contribution in [-0.2, 0) is 21.2 Å². The van der Waals surface area contributed by atoms with Crippen LogP contribution in [0.15, 0.2) is 63.8 Å². The number of carbonyl (C=O) groups is 1. The highest BCUT2D eigenvalue weighted by molar-refractivity contribution is 8.16. The van der Waals surface area contributed by atoms with Gasteiger partial charge in [-0.1, -0.05) is 11.8 Å². The highest BCUT2D eigenvalue weighted by Gasteiger charge is 2.49. The molecule has 0 unspecified atom stereocenters. The fourth-order valence-corrected chi connectivity index (χ4v) is 7.61. The second-order valence-electron chi connectivity index (χ2n) is 7.91. The van der Waals surface area contributed by atoms with Gasteiger partial charge < -0.3 is 19.5 Å². The first-order valence-electron chi connectivity index (χ1n) is 10.2. The van der Waals surface area contributed by atoms with Crippen molar-refractivity contribution in [3.63, 3.8) is 0 Å². The minimum absolute atomic E-state index is 0.0393. The molecule has 0 spiro atoms. The van der Waals surface area contributed by atoms with Crippen molar-refractivity contribution in [1.29, 1.82) is 5.26 Å². The normalized spacial score (nSPS) is 22.8. The van der Waals surface area contributed by atoms with Crippen LogP contribution >= 0.6 is 11.8 Å². The fraction of sp³-hybridized carbons (Fsp3) is 0.318. The Hall–Kier alpha value is -3.23. The number of carbonyl (C=O) groups excluding carboxylic acids is 1. The number of amides is 1. The van der Waals surface area contributed by atoms with Crippen LogP contribution in [0.1, 0.15) is 5.76 Å². The Kier molecular flexibility index (Phi) is 6.49. The standard InChI is InChI=1S/C22H23N5O4S2/c1-26(2)16-5-7-17(8-6-16)27-19-13-33(29,30)14-20(19)32-22(27)25-11-15(10-23)21(28)24-12-18-4-3-9-31-18/h3-9,11,19-20H,12-14H2,1-2H3,(H,24,28)/b15-11+,25-22?/t19-,20-/m0/s1. The van der Waals surface area contributed by atoms with Gasteiger partial charge in [0.2, 0.25) is 0 Å². The molecule has 2 aliphatic rings. The molecule has 0 aliphatic carbocycles. The van der Waals surface area contributed by atoms with Crippen LogP contribution in [0.2, 0.25) is 0 Å². The molecule has 1 aromatic carbocycles. The minimum Gasteiger partial charge on any atom is -0.467 e. The zero-order chi connectivity index (χ0) is 23.6.